The predicted octanol–water partition coefficient (Wildman–Crippen LogP) is 1.59. The van der Waals surface area contributed by atoms with Crippen molar-refractivity contribution in [1.82, 2.24) is 10.6 Å². The van der Waals surface area contributed by atoms with Gasteiger partial charge in [0, 0.05) is 19.2 Å². The summed E-state index contributed by atoms with van der Waals surface area (Å²) >= 11 is 0. The topological polar surface area (TPSA) is 50.4 Å². The first-order valence-electron chi connectivity index (χ1n) is 7.32. The van der Waals surface area contributed by atoms with Gasteiger partial charge in [-0.1, -0.05) is 19.3 Å². The Balaban J connectivity index is 1.59. The first kappa shape index (κ1) is 13.8. The van der Waals surface area contributed by atoms with E-state index in [1.807, 2.05) is 0 Å². The Morgan fingerprint density at radius 2 is 2.06 bits per heavy atom. The van der Waals surface area contributed by atoms with Crippen LogP contribution in [0.1, 0.15) is 51.9 Å². The summed E-state index contributed by atoms with van der Waals surface area (Å²) in [7, 11) is 0. The molecule has 0 aromatic heterocycles. The zero-order valence-corrected chi connectivity index (χ0v) is 11.5. The van der Waals surface area contributed by atoms with Gasteiger partial charge in [0.05, 0.1) is 12.1 Å². The number of carbonyl (C=O) groups is 1. The van der Waals surface area contributed by atoms with Crippen LogP contribution in [0.2, 0.25) is 0 Å². The Kier molecular flexibility index (Phi) is 5.01. The second-order valence-electron chi connectivity index (χ2n) is 5.91. The molecule has 2 aliphatic rings. The van der Waals surface area contributed by atoms with Crippen molar-refractivity contribution in [3.63, 3.8) is 0 Å². The summed E-state index contributed by atoms with van der Waals surface area (Å²) < 4.78 is 5.68. The summed E-state index contributed by atoms with van der Waals surface area (Å²) in [6.45, 7) is 4.15. The van der Waals surface area contributed by atoms with Crippen LogP contribution >= 0.6 is 0 Å². The lowest BCUT2D eigenvalue weighted by Crippen LogP contribution is -2.45. The van der Waals surface area contributed by atoms with Gasteiger partial charge in [-0.2, -0.15) is 0 Å². The molecule has 18 heavy (non-hydrogen) atoms. The quantitative estimate of drug-likeness (QED) is 0.783. The molecule has 0 aromatic carbocycles. The van der Waals surface area contributed by atoms with Gasteiger partial charge in [-0.05, 0) is 32.6 Å². The van der Waals surface area contributed by atoms with Crippen LogP contribution in [0.15, 0.2) is 0 Å². The second-order valence-corrected chi connectivity index (χ2v) is 5.91. The molecule has 0 aromatic rings. The van der Waals surface area contributed by atoms with Crippen LogP contribution in [0.25, 0.3) is 0 Å². The van der Waals surface area contributed by atoms with Gasteiger partial charge in [-0.25, -0.2) is 0 Å². The Morgan fingerprint density at radius 3 is 2.72 bits per heavy atom. The Hall–Kier alpha value is -0.610. The highest BCUT2D eigenvalue weighted by Gasteiger charge is 2.29. The van der Waals surface area contributed by atoms with Gasteiger partial charge in [0.2, 0.25) is 5.91 Å². The molecule has 1 unspecified atom stereocenters. The molecule has 1 heterocycles. The van der Waals surface area contributed by atoms with Crippen LogP contribution in [-0.4, -0.2) is 37.2 Å². The van der Waals surface area contributed by atoms with E-state index in [-0.39, 0.29) is 11.5 Å². The molecule has 1 saturated heterocycles. The van der Waals surface area contributed by atoms with E-state index in [0.717, 1.165) is 38.8 Å². The van der Waals surface area contributed by atoms with E-state index in [2.05, 4.69) is 17.6 Å². The standard InChI is InChI=1S/C14H26N2O2/c1-14(8-5-9-18-14)11-15-10-13(17)16-12-6-3-2-4-7-12/h12,15H,2-11H2,1H3,(H,16,17). The lowest BCUT2D eigenvalue weighted by molar-refractivity contribution is -0.121. The van der Waals surface area contributed by atoms with Gasteiger partial charge in [0.15, 0.2) is 0 Å². The van der Waals surface area contributed by atoms with Crippen LogP contribution in [0, 0.1) is 0 Å². The second kappa shape index (κ2) is 6.53. The fourth-order valence-electron chi connectivity index (χ4n) is 2.94. The fourth-order valence-corrected chi connectivity index (χ4v) is 2.94. The van der Waals surface area contributed by atoms with Crippen LogP contribution in [0.3, 0.4) is 0 Å². The van der Waals surface area contributed by atoms with E-state index in [0.29, 0.717) is 12.6 Å². The average Bonchev–Trinajstić information content (AvgIpc) is 2.77. The number of carbonyl (C=O) groups excluding carboxylic acids is 1. The van der Waals surface area contributed by atoms with E-state index in [1.54, 1.807) is 0 Å². The first-order chi connectivity index (χ1) is 8.68. The number of ether oxygens (including phenoxy) is 1. The maximum atomic E-state index is 11.8. The van der Waals surface area contributed by atoms with E-state index in [4.69, 9.17) is 4.74 Å². The average molecular weight is 254 g/mol. The largest absolute Gasteiger partial charge is 0.374 e. The molecule has 4 nitrogen and oxygen atoms in total. The smallest absolute Gasteiger partial charge is 0.234 e. The molecule has 0 bridgehead atoms. The number of rotatable bonds is 5. The van der Waals surface area contributed by atoms with Crippen molar-refractivity contribution in [3.05, 3.63) is 0 Å². The summed E-state index contributed by atoms with van der Waals surface area (Å²) in [6, 6.07) is 0.409. The molecule has 2 rings (SSSR count). The van der Waals surface area contributed by atoms with Gasteiger partial charge in [-0.15, -0.1) is 0 Å². The van der Waals surface area contributed by atoms with Gasteiger partial charge in [0.25, 0.3) is 0 Å². The Bertz CT molecular complexity index is 269. The van der Waals surface area contributed by atoms with E-state index in [1.165, 1.54) is 19.3 Å². The molecule has 4 heteroatoms. The van der Waals surface area contributed by atoms with Crippen molar-refractivity contribution in [3.8, 4) is 0 Å². The molecule has 0 radical (unpaired) electrons. The predicted molar refractivity (Wildman–Crippen MR) is 71.5 cm³/mol. The SMILES string of the molecule is CC1(CNCC(=O)NC2CCCCC2)CCCO1. The third kappa shape index (κ3) is 4.25. The third-order valence-corrected chi connectivity index (χ3v) is 4.06. The molecule has 1 aliphatic carbocycles. The van der Waals surface area contributed by atoms with E-state index in [9.17, 15) is 4.79 Å². The molecule has 1 aliphatic heterocycles. The van der Waals surface area contributed by atoms with Crippen LogP contribution in [0.5, 0.6) is 0 Å². The normalized spacial score (nSPS) is 29.4. The zero-order valence-electron chi connectivity index (χ0n) is 11.5. The van der Waals surface area contributed by atoms with E-state index >= 15 is 0 Å². The fraction of sp³-hybridized carbons (Fsp3) is 0.929. The third-order valence-electron chi connectivity index (χ3n) is 4.06. The van der Waals surface area contributed by atoms with Crippen LogP contribution in [-0.2, 0) is 9.53 Å². The molecule has 104 valence electrons. The van der Waals surface area contributed by atoms with Crippen molar-refractivity contribution in [2.24, 2.45) is 0 Å². The van der Waals surface area contributed by atoms with Gasteiger partial charge in [-0.3, -0.25) is 4.79 Å². The molecule has 1 saturated carbocycles. The molecule has 0 spiro atoms. The molecular weight excluding hydrogens is 228 g/mol. The van der Waals surface area contributed by atoms with Crippen molar-refractivity contribution in [2.75, 3.05) is 19.7 Å². The van der Waals surface area contributed by atoms with Crippen LogP contribution < -0.4 is 10.6 Å². The van der Waals surface area contributed by atoms with Crippen molar-refractivity contribution in [2.45, 2.75) is 63.5 Å². The highest BCUT2D eigenvalue weighted by Crippen LogP contribution is 2.23. The van der Waals surface area contributed by atoms with Crippen molar-refractivity contribution < 1.29 is 9.53 Å². The number of hydrogen-bond acceptors (Lipinski definition) is 3. The molecule has 1 atom stereocenters. The maximum absolute atomic E-state index is 11.8. The van der Waals surface area contributed by atoms with Crippen molar-refractivity contribution >= 4 is 5.91 Å². The van der Waals surface area contributed by atoms with Crippen LogP contribution in [0.4, 0.5) is 0 Å². The monoisotopic (exact) mass is 254 g/mol. The molecular formula is C14H26N2O2. The number of nitrogens with one attached hydrogen (secondary N) is 2. The Labute approximate surface area is 110 Å². The summed E-state index contributed by atoms with van der Waals surface area (Å²) in [5, 5.41) is 6.33. The summed E-state index contributed by atoms with van der Waals surface area (Å²) in [6.07, 6.45) is 8.34. The molecule has 2 N–H and O–H groups in total. The highest BCUT2D eigenvalue weighted by atomic mass is 16.5. The lowest BCUT2D eigenvalue weighted by atomic mass is 9.95. The minimum atomic E-state index is -0.0644. The highest BCUT2D eigenvalue weighted by molar-refractivity contribution is 5.78. The first-order valence-corrected chi connectivity index (χ1v) is 7.32. The molecule has 2 fully saturated rings. The maximum Gasteiger partial charge on any atom is 0.234 e. The number of hydrogen-bond donors (Lipinski definition) is 2. The van der Waals surface area contributed by atoms with E-state index < -0.39 is 0 Å². The van der Waals surface area contributed by atoms with Crippen molar-refractivity contribution in [1.29, 1.82) is 0 Å². The van der Waals surface area contributed by atoms with Gasteiger partial charge >= 0.3 is 0 Å². The van der Waals surface area contributed by atoms with Gasteiger partial charge < -0.3 is 15.4 Å². The minimum Gasteiger partial charge on any atom is -0.374 e. The summed E-state index contributed by atoms with van der Waals surface area (Å²) in [5.41, 5.74) is -0.0644. The number of amides is 1. The zero-order chi connectivity index (χ0) is 12.8. The summed E-state index contributed by atoms with van der Waals surface area (Å²) in [4.78, 5) is 11.8. The molecule has 1 amide bonds. The summed E-state index contributed by atoms with van der Waals surface area (Å²) in [5.74, 6) is 0.128. The Morgan fingerprint density at radius 1 is 1.28 bits per heavy atom. The minimum absolute atomic E-state index is 0.0644. The van der Waals surface area contributed by atoms with Gasteiger partial charge in [0.1, 0.15) is 0 Å². The lowest BCUT2D eigenvalue weighted by Gasteiger charge is -2.25.